The zero-order valence-electron chi connectivity index (χ0n) is 10.4. The molecule has 2 rings (SSSR count). The maximum Gasteiger partial charge on any atom is 0.295 e. The number of nitrogens with zero attached hydrogens (tertiary/aromatic N) is 1. The van der Waals surface area contributed by atoms with Crippen LogP contribution in [0.15, 0.2) is 34.9 Å². The van der Waals surface area contributed by atoms with Crippen LogP contribution in [-0.4, -0.2) is 11.5 Å². The standard InChI is InChI=1S/C13H13FN2O3/c1-9-7-12(13(16(17)18)8-11(9)14)15-5-4-10-3-2-6-19-10/h2-3,6-8,15H,4-5H2,1H3. The average Bonchev–Trinajstić information content (AvgIpc) is 2.86. The highest BCUT2D eigenvalue weighted by molar-refractivity contribution is 5.63. The number of aryl methyl sites for hydroxylation is 1. The van der Waals surface area contributed by atoms with Crippen molar-refractivity contribution in [2.24, 2.45) is 0 Å². The fourth-order valence-corrected chi connectivity index (χ4v) is 1.74. The Kier molecular flexibility index (Phi) is 3.79. The molecule has 0 aliphatic carbocycles. The Hall–Kier alpha value is -2.37. The lowest BCUT2D eigenvalue weighted by atomic mass is 10.1. The predicted molar refractivity (Wildman–Crippen MR) is 68.7 cm³/mol. The van der Waals surface area contributed by atoms with Gasteiger partial charge in [-0.25, -0.2) is 4.39 Å². The van der Waals surface area contributed by atoms with Crippen LogP contribution in [0.25, 0.3) is 0 Å². The molecule has 0 saturated carbocycles. The molecule has 0 fully saturated rings. The number of nitro groups is 1. The molecule has 6 heteroatoms. The highest BCUT2D eigenvalue weighted by Gasteiger charge is 2.16. The van der Waals surface area contributed by atoms with Gasteiger partial charge in [-0.3, -0.25) is 10.1 Å². The van der Waals surface area contributed by atoms with Crippen LogP contribution in [0.4, 0.5) is 15.8 Å². The van der Waals surface area contributed by atoms with E-state index in [1.54, 1.807) is 19.3 Å². The van der Waals surface area contributed by atoms with Crippen LogP contribution in [0.3, 0.4) is 0 Å². The van der Waals surface area contributed by atoms with Crippen LogP contribution in [0.2, 0.25) is 0 Å². The number of hydrogen-bond acceptors (Lipinski definition) is 4. The van der Waals surface area contributed by atoms with Crippen molar-refractivity contribution in [1.29, 1.82) is 0 Å². The minimum absolute atomic E-state index is 0.262. The fourth-order valence-electron chi connectivity index (χ4n) is 1.74. The van der Waals surface area contributed by atoms with Crippen LogP contribution in [-0.2, 0) is 6.42 Å². The molecule has 1 heterocycles. The minimum Gasteiger partial charge on any atom is -0.469 e. The Morgan fingerprint density at radius 3 is 2.89 bits per heavy atom. The Morgan fingerprint density at radius 2 is 2.26 bits per heavy atom. The fraction of sp³-hybridized carbons (Fsp3) is 0.231. The molecule has 1 aromatic carbocycles. The largest absolute Gasteiger partial charge is 0.469 e. The van der Waals surface area contributed by atoms with E-state index in [1.165, 1.54) is 6.07 Å². The predicted octanol–water partition coefficient (Wildman–Crippen LogP) is 3.29. The first-order valence-electron chi connectivity index (χ1n) is 5.78. The molecular formula is C13H13FN2O3. The second kappa shape index (κ2) is 5.51. The Balaban J connectivity index is 2.10. The van der Waals surface area contributed by atoms with E-state index in [1.807, 2.05) is 6.07 Å². The van der Waals surface area contributed by atoms with Gasteiger partial charge < -0.3 is 9.73 Å². The van der Waals surface area contributed by atoms with Gasteiger partial charge in [0.05, 0.1) is 17.3 Å². The summed E-state index contributed by atoms with van der Waals surface area (Å²) in [5, 5.41) is 13.8. The number of nitro benzene ring substituents is 1. The quantitative estimate of drug-likeness (QED) is 0.664. The average molecular weight is 264 g/mol. The second-order valence-corrected chi connectivity index (χ2v) is 4.13. The number of nitrogens with one attached hydrogen (secondary N) is 1. The van der Waals surface area contributed by atoms with E-state index in [9.17, 15) is 14.5 Å². The van der Waals surface area contributed by atoms with Gasteiger partial charge in [-0.15, -0.1) is 0 Å². The molecule has 1 aromatic heterocycles. The highest BCUT2D eigenvalue weighted by Crippen LogP contribution is 2.27. The van der Waals surface area contributed by atoms with Crippen molar-refractivity contribution < 1.29 is 13.7 Å². The van der Waals surface area contributed by atoms with Crippen LogP contribution >= 0.6 is 0 Å². The van der Waals surface area contributed by atoms with E-state index in [2.05, 4.69) is 5.32 Å². The first-order valence-corrected chi connectivity index (χ1v) is 5.78. The Morgan fingerprint density at radius 1 is 1.47 bits per heavy atom. The summed E-state index contributed by atoms with van der Waals surface area (Å²) in [5.41, 5.74) is 0.420. The van der Waals surface area contributed by atoms with Gasteiger partial charge in [0.15, 0.2) is 0 Å². The first-order chi connectivity index (χ1) is 9.08. The van der Waals surface area contributed by atoms with E-state index in [-0.39, 0.29) is 5.69 Å². The van der Waals surface area contributed by atoms with Crippen LogP contribution in [0.1, 0.15) is 11.3 Å². The Bertz CT molecular complexity index is 582. The van der Waals surface area contributed by atoms with Crippen molar-refractivity contribution in [3.8, 4) is 0 Å². The van der Waals surface area contributed by atoms with E-state index in [0.29, 0.717) is 24.2 Å². The third-order valence-electron chi connectivity index (χ3n) is 2.74. The van der Waals surface area contributed by atoms with Gasteiger partial charge in [0, 0.05) is 13.0 Å². The number of benzene rings is 1. The summed E-state index contributed by atoms with van der Waals surface area (Å²) in [7, 11) is 0. The zero-order chi connectivity index (χ0) is 13.8. The van der Waals surface area contributed by atoms with Gasteiger partial charge in [0.1, 0.15) is 17.3 Å². The zero-order valence-corrected chi connectivity index (χ0v) is 10.4. The summed E-state index contributed by atoms with van der Waals surface area (Å²) in [6, 6.07) is 5.98. The normalized spacial score (nSPS) is 10.4. The number of rotatable bonds is 5. The third-order valence-corrected chi connectivity index (χ3v) is 2.74. The number of halogens is 1. The molecule has 0 radical (unpaired) electrons. The van der Waals surface area contributed by atoms with Gasteiger partial charge in [-0.2, -0.15) is 0 Å². The van der Waals surface area contributed by atoms with E-state index < -0.39 is 10.7 Å². The summed E-state index contributed by atoms with van der Waals surface area (Å²) in [6.45, 7) is 2.04. The smallest absolute Gasteiger partial charge is 0.295 e. The van der Waals surface area contributed by atoms with Gasteiger partial charge in [-0.05, 0) is 30.7 Å². The number of furan rings is 1. The molecule has 2 aromatic rings. The van der Waals surface area contributed by atoms with Gasteiger partial charge >= 0.3 is 0 Å². The topological polar surface area (TPSA) is 68.3 Å². The third kappa shape index (κ3) is 3.09. The molecule has 0 unspecified atom stereocenters. The van der Waals surface area contributed by atoms with E-state index in [0.717, 1.165) is 11.8 Å². The van der Waals surface area contributed by atoms with Crippen molar-refractivity contribution in [3.05, 3.63) is 57.8 Å². The molecular weight excluding hydrogens is 251 g/mol. The summed E-state index contributed by atoms with van der Waals surface area (Å²) in [4.78, 5) is 10.3. The van der Waals surface area contributed by atoms with E-state index in [4.69, 9.17) is 4.42 Å². The molecule has 0 aliphatic rings. The monoisotopic (exact) mass is 264 g/mol. The number of anilines is 1. The van der Waals surface area contributed by atoms with Crippen LogP contribution < -0.4 is 5.32 Å². The highest BCUT2D eigenvalue weighted by atomic mass is 19.1. The molecule has 0 bridgehead atoms. The molecule has 0 saturated heterocycles. The maximum absolute atomic E-state index is 13.3. The van der Waals surface area contributed by atoms with Crippen molar-refractivity contribution in [2.45, 2.75) is 13.3 Å². The lowest BCUT2D eigenvalue weighted by molar-refractivity contribution is -0.384. The van der Waals surface area contributed by atoms with Crippen molar-refractivity contribution in [1.82, 2.24) is 0 Å². The molecule has 0 amide bonds. The molecule has 0 spiro atoms. The molecule has 1 N–H and O–H groups in total. The van der Waals surface area contributed by atoms with Crippen molar-refractivity contribution in [3.63, 3.8) is 0 Å². The minimum atomic E-state index is -0.599. The second-order valence-electron chi connectivity index (χ2n) is 4.13. The summed E-state index contributed by atoms with van der Waals surface area (Å²) in [6.07, 6.45) is 2.17. The molecule has 19 heavy (non-hydrogen) atoms. The SMILES string of the molecule is Cc1cc(NCCc2ccco2)c([N+](=O)[O-])cc1F. The van der Waals surface area contributed by atoms with E-state index >= 15 is 0 Å². The molecule has 0 atom stereocenters. The summed E-state index contributed by atoms with van der Waals surface area (Å²) in [5.74, 6) is 0.206. The van der Waals surface area contributed by atoms with Crippen molar-refractivity contribution >= 4 is 11.4 Å². The summed E-state index contributed by atoms with van der Waals surface area (Å²) < 4.78 is 18.5. The molecule has 5 nitrogen and oxygen atoms in total. The molecule has 0 aliphatic heterocycles. The first kappa shape index (κ1) is 13.1. The van der Waals surface area contributed by atoms with Crippen molar-refractivity contribution in [2.75, 3.05) is 11.9 Å². The number of hydrogen-bond donors (Lipinski definition) is 1. The Labute approximate surface area is 109 Å². The van der Waals surface area contributed by atoms with Crippen LogP contribution in [0, 0.1) is 22.9 Å². The summed E-state index contributed by atoms with van der Waals surface area (Å²) >= 11 is 0. The lowest BCUT2D eigenvalue weighted by Gasteiger charge is -2.07. The van der Waals surface area contributed by atoms with Gasteiger partial charge in [-0.1, -0.05) is 0 Å². The van der Waals surface area contributed by atoms with Gasteiger partial charge in [0.2, 0.25) is 0 Å². The molecule has 100 valence electrons. The lowest BCUT2D eigenvalue weighted by Crippen LogP contribution is -2.07. The van der Waals surface area contributed by atoms with Crippen LogP contribution in [0.5, 0.6) is 0 Å². The van der Waals surface area contributed by atoms with Gasteiger partial charge in [0.25, 0.3) is 5.69 Å². The maximum atomic E-state index is 13.3.